The summed E-state index contributed by atoms with van der Waals surface area (Å²) in [6.07, 6.45) is 36.1. The van der Waals surface area contributed by atoms with E-state index in [1.54, 1.807) is 6.33 Å². The van der Waals surface area contributed by atoms with Crippen molar-refractivity contribution in [3.05, 3.63) is 208 Å². The molecule has 12 rings (SSSR count). The number of ether oxygens (including phenoxy) is 8. The zero-order valence-corrected chi connectivity index (χ0v) is 76.6. The van der Waals surface area contributed by atoms with Gasteiger partial charge in [0.2, 0.25) is 0 Å². The first-order valence-electron chi connectivity index (χ1n) is 44.5. The topological polar surface area (TPSA) is 233 Å². The molecule has 7 aliphatic rings. The van der Waals surface area contributed by atoms with Crippen molar-refractivity contribution >= 4 is 34.9 Å². The van der Waals surface area contributed by atoms with Crippen LogP contribution in [-0.2, 0) is 94.0 Å². The molecule has 7 unspecified atom stereocenters. The third-order valence-electron chi connectivity index (χ3n) is 25.5. The van der Waals surface area contributed by atoms with Crippen molar-refractivity contribution in [2.45, 2.75) is 277 Å². The molecule has 5 aromatic rings. The first-order valence-corrected chi connectivity index (χ1v) is 50.3. The highest BCUT2D eigenvalue weighted by atomic mass is 28.4. The number of rotatable bonds is 33. The molecule has 2 saturated carbocycles. The van der Waals surface area contributed by atoms with Crippen LogP contribution < -0.4 is 0 Å². The number of aromatic nitrogens is 2. The Hall–Kier alpha value is -6.51. The number of nitrogens with zero attached hydrogens (tertiary/aromatic N) is 1. The van der Waals surface area contributed by atoms with Gasteiger partial charge in [-0.25, -0.2) is 9.78 Å². The Labute approximate surface area is 717 Å². The lowest BCUT2D eigenvalue weighted by molar-refractivity contribution is -0.183. The van der Waals surface area contributed by atoms with Crippen LogP contribution in [0.15, 0.2) is 180 Å². The number of esters is 2. The molecule has 0 amide bonds. The summed E-state index contributed by atoms with van der Waals surface area (Å²) >= 11 is 0. The molecule has 3 fully saturated rings. The molecule has 1 aliphatic heterocycles. The van der Waals surface area contributed by atoms with Crippen LogP contribution in [0.5, 0.6) is 0 Å². The minimum atomic E-state index is -1.65. The molecule has 18 nitrogen and oxygen atoms in total. The number of imidazole rings is 1. The highest BCUT2D eigenvalue weighted by Crippen LogP contribution is 2.42. The predicted octanol–water partition coefficient (Wildman–Crippen LogP) is 21.8. The maximum atomic E-state index is 11.6. The number of hydrogen-bond acceptors (Lipinski definition) is 17. The van der Waals surface area contributed by atoms with E-state index in [1.165, 1.54) is 91.8 Å². The molecule has 7 atom stereocenters. The van der Waals surface area contributed by atoms with Crippen molar-refractivity contribution < 1.29 is 76.5 Å². The van der Waals surface area contributed by atoms with Gasteiger partial charge in [0.15, 0.2) is 22.4 Å². The van der Waals surface area contributed by atoms with Gasteiger partial charge in [0.25, 0.3) is 0 Å². The Kier molecular flexibility index (Phi) is 44.8. The first kappa shape index (κ1) is 99.6. The number of carbonyl (C=O) groups excluding carboxylic acids is 3. The minimum absolute atomic E-state index is 0.184. The molecular formula is C99H150N2O16Si2. The minimum Gasteiger partial charge on any atom is -0.512 e. The van der Waals surface area contributed by atoms with E-state index in [-0.39, 0.29) is 40.1 Å². The predicted molar refractivity (Wildman–Crippen MR) is 480 cm³/mol. The van der Waals surface area contributed by atoms with Gasteiger partial charge in [-0.3, -0.25) is 4.79 Å². The van der Waals surface area contributed by atoms with Gasteiger partial charge in [-0.15, -0.1) is 0 Å². The normalized spacial score (nSPS) is 21.4. The molecule has 2 heterocycles. The Morgan fingerprint density at radius 3 is 1.39 bits per heavy atom. The third kappa shape index (κ3) is 37.6. The average Bonchev–Trinajstić information content (AvgIpc) is 1.58. The molecule has 4 N–H and O–H groups in total. The van der Waals surface area contributed by atoms with E-state index in [9.17, 15) is 24.6 Å². The number of aromatic amines is 1. The molecule has 1 spiro atoms. The fourth-order valence-corrected chi connectivity index (χ4v) is 17.7. The summed E-state index contributed by atoms with van der Waals surface area (Å²) in [6.45, 7) is 32.1. The number of aliphatic hydroxyl groups is 3. The number of benzene rings is 4. The van der Waals surface area contributed by atoms with Crippen LogP contribution in [-0.4, -0.2) is 146 Å². The van der Waals surface area contributed by atoms with E-state index < -0.39 is 28.7 Å². The molecule has 119 heavy (non-hydrogen) atoms. The highest BCUT2D eigenvalue weighted by Gasteiger charge is 2.42. The number of methoxy groups -OCH3 is 2. The zero-order valence-electron chi connectivity index (χ0n) is 74.6. The molecule has 1 saturated heterocycles. The second kappa shape index (κ2) is 53.5. The Balaban J connectivity index is 0.000000198. The van der Waals surface area contributed by atoms with Crippen molar-refractivity contribution in [1.82, 2.24) is 9.97 Å². The Bertz CT molecular complexity index is 3730. The van der Waals surface area contributed by atoms with E-state index in [4.69, 9.17) is 51.9 Å². The van der Waals surface area contributed by atoms with Crippen LogP contribution in [0, 0.1) is 41.4 Å². The summed E-state index contributed by atoms with van der Waals surface area (Å²) < 4.78 is 56.7. The number of nitrogens with one attached hydrogen (secondary N) is 1. The van der Waals surface area contributed by atoms with Crippen molar-refractivity contribution in [2.24, 2.45) is 41.4 Å². The van der Waals surface area contributed by atoms with Crippen LogP contribution in [0.2, 0.25) is 36.3 Å². The average molecular weight is 1680 g/mol. The second-order valence-corrected chi connectivity index (χ2v) is 46.3. The van der Waals surface area contributed by atoms with E-state index in [0.29, 0.717) is 87.8 Å². The number of allylic oxidation sites excluding steroid dienone is 4. The van der Waals surface area contributed by atoms with Gasteiger partial charge in [-0.1, -0.05) is 181 Å². The summed E-state index contributed by atoms with van der Waals surface area (Å²) in [5, 5.41) is 29.2. The summed E-state index contributed by atoms with van der Waals surface area (Å²) in [7, 11) is -0.566. The van der Waals surface area contributed by atoms with Gasteiger partial charge in [0.1, 0.15) is 12.0 Å². The van der Waals surface area contributed by atoms with Crippen LogP contribution in [0.25, 0.3) is 0 Å². The van der Waals surface area contributed by atoms with Gasteiger partial charge in [-0.2, -0.15) is 0 Å². The van der Waals surface area contributed by atoms with Gasteiger partial charge in [0, 0.05) is 64.0 Å². The number of aliphatic hydroxyl groups excluding tert-OH is 3. The van der Waals surface area contributed by atoms with E-state index >= 15 is 0 Å². The van der Waals surface area contributed by atoms with Crippen molar-refractivity contribution in [1.29, 1.82) is 0 Å². The monoisotopic (exact) mass is 1680 g/mol. The first-order chi connectivity index (χ1) is 57.2. The molecule has 660 valence electrons. The molecule has 6 aliphatic carbocycles. The molecule has 0 bridgehead atoms. The molecule has 4 aromatic carbocycles. The Morgan fingerprint density at radius 1 is 0.529 bits per heavy atom. The van der Waals surface area contributed by atoms with E-state index in [0.717, 1.165) is 166 Å². The molecular weight excluding hydrogens is 1530 g/mol. The summed E-state index contributed by atoms with van der Waals surface area (Å²) in [5.74, 6) is 2.41. The van der Waals surface area contributed by atoms with Gasteiger partial charge >= 0.3 is 11.9 Å². The summed E-state index contributed by atoms with van der Waals surface area (Å²) in [5.41, 5.74) is 10.6. The smallest absolute Gasteiger partial charge is 0.337 e. The number of carbonyl (C=O) groups is 3. The lowest BCUT2D eigenvalue weighted by Crippen LogP contribution is -2.41. The van der Waals surface area contributed by atoms with Crippen LogP contribution in [0.1, 0.15) is 224 Å². The van der Waals surface area contributed by atoms with Gasteiger partial charge in [0.05, 0.1) is 97.6 Å². The van der Waals surface area contributed by atoms with E-state index in [1.807, 2.05) is 79.0 Å². The van der Waals surface area contributed by atoms with Gasteiger partial charge in [-0.05, 0) is 246 Å². The van der Waals surface area contributed by atoms with Crippen molar-refractivity contribution in [2.75, 3.05) is 73.7 Å². The quantitative estimate of drug-likeness (QED) is 0.0101. The highest BCUT2D eigenvalue weighted by molar-refractivity contribution is 6.74. The van der Waals surface area contributed by atoms with E-state index in [2.05, 4.69) is 144 Å². The summed E-state index contributed by atoms with van der Waals surface area (Å²) in [6, 6.07) is 40.9. The lowest BCUT2D eigenvalue weighted by Gasteiger charge is -2.37. The van der Waals surface area contributed by atoms with Crippen LogP contribution >= 0.6 is 0 Å². The lowest BCUT2D eigenvalue weighted by atomic mass is 9.78. The maximum absolute atomic E-state index is 11.6. The van der Waals surface area contributed by atoms with Gasteiger partial charge < -0.3 is 71.8 Å². The number of aldehydes is 1. The molecule has 1 aromatic heterocycles. The number of H-pyrrole nitrogens is 1. The maximum Gasteiger partial charge on any atom is 0.337 e. The van der Waals surface area contributed by atoms with Crippen LogP contribution in [0.3, 0.4) is 0 Å². The second-order valence-electron chi connectivity index (χ2n) is 36.7. The third-order valence-corrected chi connectivity index (χ3v) is 34.5. The number of hydrogen-bond donors (Lipinski definition) is 4. The Morgan fingerprint density at radius 2 is 0.958 bits per heavy atom. The zero-order chi connectivity index (χ0) is 85.8. The van der Waals surface area contributed by atoms with Crippen molar-refractivity contribution in [3.63, 3.8) is 0 Å². The fraction of sp³-hybridized carbons (Fsp3) is 0.616. The molecule has 20 heteroatoms. The molecule has 0 radical (unpaired) electrons. The fourth-order valence-electron chi connectivity index (χ4n) is 15.8. The van der Waals surface area contributed by atoms with Crippen molar-refractivity contribution in [3.8, 4) is 0 Å². The summed E-state index contributed by atoms with van der Waals surface area (Å²) in [4.78, 5) is 40.9. The standard InChI is InChI=1S/C22H36O2Si.C17H24O4.C17H22O4.C17H24O3.C15H28O2Si.C11H16N2O/c1-22(2,3)25(4,5)24-18-21-13-9-12-19(16-21)14-15-23-17-20-10-7-6-8-11-20;2*1-20-17(19)15-11-13(7-8-16(15)18)9-10-21-12-14-5-3-2-4-6-14;1-2-4-16(5-3-1)14-18-11-8-15-6-9-17(10-7-15)19-12-13-20-17;1-15(2,3)18(4,5)17-12-14-8-6-7-13(11-14)9-10-16;14-7-10-3-1-2-9(4-10)5-11-6-12-8-13-11/h6-8,10-11,13,19H,9,12,14-18H2,1-5H3;2-6,13,15-16,18H,7-12H2,1H3;2-6,13,18H,7-12H2,1H3;1-5,15H,6-14H2;8,10,13H,6-7,9,11-12H2,1-5H3;3,6,8-9,14H,1-2,4-5,7H2,(H,12,13). The van der Waals surface area contributed by atoms with Crippen LogP contribution in [0.4, 0.5) is 0 Å². The largest absolute Gasteiger partial charge is 0.512 e. The SMILES string of the molecule is CC(C)(C)[Si](C)(C)OCC1=CCCC(CC=O)C1.CC(C)(C)[Si](C)(C)OCC1=CCCC(CCOCc2ccccc2)C1.COC(=O)C1=C(O)CCC(CCOCc2ccccc2)C1.COC(=O)C1CC(CCOCc2ccccc2)CCC1O.OCC1=CCCC(Cc2cnc[nH]2)C1.c1ccc(COCCC2CCC3(CC2)OCCO3)cc1.